The Hall–Kier alpha value is -0.210. The van der Waals surface area contributed by atoms with Crippen LogP contribution < -0.4 is 0 Å². The normalized spacial score (nSPS) is 11.1. The fourth-order valence-electron chi connectivity index (χ4n) is 2.68. The summed E-state index contributed by atoms with van der Waals surface area (Å²) in [7, 11) is 0. The molecule has 0 spiro atoms. The number of alkyl halides is 1. The molecule has 0 unspecified atom stereocenters. The lowest BCUT2D eigenvalue weighted by Gasteiger charge is -2.08. The molecule has 0 N–H and O–H groups in total. The average Bonchev–Trinajstić information content (AvgIpc) is 2.72. The van der Waals surface area contributed by atoms with Gasteiger partial charge in [0.05, 0.1) is 52.9 Å². The maximum atomic E-state index is 11.6. The third kappa shape index (κ3) is 25.8. The Morgan fingerprint density at radius 1 is 0.586 bits per heavy atom. The molecule has 0 aromatic rings. The third-order valence-corrected chi connectivity index (χ3v) is 4.64. The first-order valence-corrected chi connectivity index (χ1v) is 12.5. The van der Waals surface area contributed by atoms with Crippen molar-refractivity contribution in [2.75, 3.05) is 64.8 Å². The number of carbonyl (C=O) groups is 1. The molecule has 6 nitrogen and oxygen atoms in total. The van der Waals surface area contributed by atoms with Gasteiger partial charge in [0.1, 0.15) is 6.61 Å². The summed E-state index contributed by atoms with van der Waals surface area (Å²) >= 11 is 3.29. The van der Waals surface area contributed by atoms with E-state index in [-0.39, 0.29) is 5.97 Å². The lowest BCUT2D eigenvalue weighted by atomic mass is 10.1. The molecule has 0 aliphatic heterocycles. The molecule has 0 atom stereocenters. The molecule has 0 heterocycles. The quantitative estimate of drug-likeness (QED) is 0.110. The van der Waals surface area contributed by atoms with Crippen LogP contribution in [0.5, 0.6) is 0 Å². The van der Waals surface area contributed by atoms with Crippen LogP contribution in [-0.2, 0) is 28.5 Å². The number of rotatable bonds is 24. The van der Waals surface area contributed by atoms with Gasteiger partial charge in [-0.25, -0.2) is 0 Å². The van der Waals surface area contributed by atoms with Gasteiger partial charge in [-0.3, -0.25) is 4.79 Å². The van der Waals surface area contributed by atoms with Gasteiger partial charge < -0.3 is 23.7 Å². The second-order valence-electron chi connectivity index (χ2n) is 6.94. The summed E-state index contributed by atoms with van der Waals surface area (Å²) in [4.78, 5) is 11.6. The van der Waals surface area contributed by atoms with E-state index in [1.54, 1.807) is 0 Å². The molecular weight excluding hydrogens is 440 g/mol. The summed E-state index contributed by atoms with van der Waals surface area (Å²) in [6, 6.07) is 0. The van der Waals surface area contributed by atoms with Gasteiger partial charge in [0.15, 0.2) is 0 Å². The monoisotopic (exact) mass is 482 g/mol. The van der Waals surface area contributed by atoms with Gasteiger partial charge in [-0.1, -0.05) is 74.2 Å². The predicted molar refractivity (Wildman–Crippen MR) is 120 cm³/mol. The summed E-state index contributed by atoms with van der Waals surface area (Å²) in [6.07, 6.45) is 11.7. The van der Waals surface area contributed by atoms with E-state index < -0.39 is 0 Å². The number of halogens is 1. The van der Waals surface area contributed by atoms with E-state index in [9.17, 15) is 4.79 Å². The Labute approximate surface area is 186 Å². The SMILES string of the molecule is CCCCCCCCCCCC(=O)OCCOCCOCCOCCOCCBr. The first kappa shape index (κ1) is 28.8. The fourth-order valence-corrected chi connectivity index (χ4v) is 2.91. The third-order valence-electron chi connectivity index (χ3n) is 4.31. The lowest BCUT2D eigenvalue weighted by molar-refractivity contribution is -0.145. The van der Waals surface area contributed by atoms with Crippen molar-refractivity contribution in [3.05, 3.63) is 0 Å². The van der Waals surface area contributed by atoms with E-state index in [1.165, 1.54) is 44.9 Å². The second kappa shape index (κ2) is 25.8. The van der Waals surface area contributed by atoms with Gasteiger partial charge in [0.25, 0.3) is 0 Å². The number of unbranched alkanes of at least 4 members (excludes halogenated alkanes) is 8. The van der Waals surface area contributed by atoms with Crippen LogP contribution in [-0.4, -0.2) is 70.8 Å². The Balaban J connectivity index is 3.13. The highest BCUT2D eigenvalue weighted by Gasteiger charge is 2.02. The molecule has 29 heavy (non-hydrogen) atoms. The number of hydrogen-bond donors (Lipinski definition) is 0. The minimum Gasteiger partial charge on any atom is -0.463 e. The maximum absolute atomic E-state index is 11.6. The highest BCUT2D eigenvalue weighted by Crippen LogP contribution is 2.10. The van der Waals surface area contributed by atoms with Crippen LogP contribution in [0.2, 0.25) is 0 Å². The zero-order valence-electron chi connectivity index (χ0n) is 18.5. The van der Waals surface area contributed by atoms with Crippen molar-refractivity contribution < 1.29 is 28.5 Å². The topological polar surface area (TPSA) is 63.2 Å². The molecular formula is C22H43BrO6. The largest absolute Gasteiger partial charge is 0.463 e. The van der Waals surface area contributed by atoms with Gasteiger partial charge in [-0.05, 0) is 6.42 Å². The van der Waals surface area contributed by atoms with E-state index in [4.69, 9.17) is 23.7 Å². The summed E-state index contributed by atoms with van der Waals surface area (Å²) in [5.74, 6) is -0.120. The van der Waals surface area contributed by atoms with Crippen molar-refractivity contribution in [2.24, 2.45) is 0 Å². The minimum absolute atomic E-state index is 0.120. The van der Waals surface area contributed by atoms with Gasteiger partial charge >= 0.3 is 5.97 Å². The molecule has 0 rings (SSSR count). The summed E-state index contributed by atoms with van der Waals surface area (Å²) < 4.78 is 26.6. The minimum atomic E-state index is -0.120. The van der Waals surface area contributed by atoms with Gasteiger partial charge in [-0.2, -0.15) is 0 Å². The maximum Gasteiger partial charge on any atom is 0.305 e. The van der Waals surface area contributed by atoms with Crippen molar-refractivity contribution in [3.8, 4) is 0 Å². The number of carbonyl (C=O) groups excluding carboxylic acids is 1. The highest BCUT2D eigenvalue weighted by atomic mass is 79.9. The van der Waals surface area contributed by atoms with Gasteiger partial charge in [0, 0.05) is 11.8 Å². The van der Waals surface area contributed by atoms with Crippen LogP contribution in [0.15, 0.2) is 0 Å². The van der Waals surface area contributed by atoms with E-state index >= 15 is 0 Å². The molecule has 0 bridgehead atoms. The van der Waals surface area contributed by atoms with E-state index in [0.29, 0.717) is 65.9 Å². The van der Waals surface area contributed by atoms with Crippen molar-refractivity contribution >= 4 is 21.9 Å². The molecule has 0 radical (unpaired) electrons. The molecule has 0 fully saturated rings. The Morgan fingerprint density at radius 3 is 1.48 bits per heavy atom. The van der Waals surface area contributed by atoms with E-state index in [2.05, 4.69) is 22.9 Å². The molecule has 0 aliphatic carbocycles. The molecule has 0 aromatic heterocycles. The number of esters is 1. The second-order valence-corrected chi connectivity index (χ2v) is 7.73. The summed E-state index contributed by atoms with van der Waals surface area (Å²) in [6.45, 7) is 6.94. The first-order chi connectivity index (χ1) is 14.3. The van der Waals surface area contributed by atoms with Crippen molar-refractivity contribution in [3.63, 3.8) is 0 Å². The van der Waals surface area contributed by atoms with Gasteiger partial charge in [0.2, 0.25) is 0 Å². The molecule has 7 heteroatoms. The Bertz CT molecular complexity index is 330. The van der Waals surface area contributed by atoms with Crippen LogP contribution in [0.4, 0.5) is 0 Å². The van der Waals surface area contributed by atoms with Crippen LogP contribution in [0.25, 0.3) is 0 Å². The molecule has 0 amide bonds. The standard InChI is InChI=1S/C22H43BrO6/c1-2-3-4-5-6-7-8-9-10-11-22(24)29-21-20-28-19-18-27-17-16-26-15-14-25-13-12-23/h2-21H2,1H3. The van der Waals surface area contributed by atoms with Crippen molar-refractivity contribution in [1.82, 2.24) is 0 Å². The zero-order valence-corrected chi connectivity index (χ0v) is 20.1. The highest BCUT2D eigenvalue weighted by molar-refractivity contribution is 9.09. The van der Waals surface area contributed by atoms with E-state index in [1.807, 2.05) is 0 Å². The van der Waals surface area contributed by atoms with E-state index in [0.717, 1.165) is 18.2 Å². The predicted octanol–water partition coefficient (Wildman–Crippen LogP) is 4.91. The van der Waals surface area contributed by atoms with Crippen LogP contribution >= 0.6 is 15.9 Å². The van der Waals surface area contributed by atoms with Crippen LogP contribution in [0.1, 0.15) is 71.1 Å². The molecule has 0 saturated heterocycles. The summed E-state index contributed by atoms with van der Waals surface area (Å²) in [5, 5.41) is 0.842. The zero-order chi connectivity index (χ0) is 21.3. The number of hydrogen-bond acceptors (Lipinski definition) is 6. The Morgan fingerprint density at radius 2 is 1.00 bits per heavy atom. The Kier molecular flexibility index (Phi) is 25.6. The fraction of sp³-hybridized carbons (Fsp3) is 0.955. The lowest BCUT2D eigenvalue weighted by Crippen LogP contribution is -2.14. The van der Waals surface area contributed by atoms with Crippen LogP contribution in [0.3, 0.4) is 0 Å². The first-order valence-electron chi connectivity index (χ1n) is 11.3. The molecule has 0 aliphatic rings. The molecule has 174 valence electrons. The smallest absolute Gasteiger partial charge is 0.305 e. The average molecular weight is 483 g/mol. The van der Waals surface area contributed by atoms with Crippen molar-refractivity contribution in [2.45, 2.75) is 71.1 Å². The number of ether oxygens (including phenoxy) is 5. The molecule has 0 saturated carbocycles. The van der Waals surface area contributed by atoms with Crippen molar-refractivity contribution in [1.29, 1.82) is 0 Å². The van der Waals surface area contributed by atoms with Crippen LogP contribution in [0, 0.1) is 0 Å². The van der Waals surface area contributed by atoms with Gasteiger partial charge in [-0.15, -0.1) is 0 Å². The summed E-state index contributed by atoms with van der Waals surface area (Å²) in [5.41, 5.74) is 0. The molecule has 0 aromatic carbocycles.